The molecule has 4 nitrogen and oxygen atoms in total. The highest BCUT2D eigenvalue weighted by Gasteiger charge is 2.13. The highest BCUT2D eigenvalue weighted by atomic mass is 127. The Morgan fingerprint density at radius 2 is 2.17 bits per heavy atom. The van der Waals surface area contributed by atoms with E-state index in [1.807, 2.05) is 0 Å². The van der Waals surface area contributed by atoms with Gasteiger partial charge in [0.15, 0.2) is 0 Å². The van der Waals surface area contributed by atoms with Gasteiger partial charge in [-0.25, -0.2) is 18.5 Å². The van der Waals surface area contributed by atoms with Crippen molar-refractivity contribution in [3.8, 4) is 0 Å². The first kappa shape index (κ1) is 9.81. The minimum atomic E-state index is -3.79. The molecule has 0 saturated carbocycles. The Kier molecular flexibility index (Phi) is 2.64. The third-order valence-corrected chi connectivity index (χ3v) is 3.29. The lowest BCUT2D eigenvalue weighted by atomic mass is 10.5. The molecular weight excluding hydrogens is 298 g/mol. The first-order valence-corrected chi connectivity index (χ1v) is 5.37. The average molecular weight is 302 g/mol. The first-order valence-electron chi connectivity index (χ1n) is 2.75. The van der Waals surface area contributed by atoms with Crippen LogP contribution in [0.1, 0.15) is 0 Å². The molecule has 66 valence electrons. The number of rotatable bonds is 1. The normalized spacial score (nSPS) is 11.6. The van der Waals surface area contributed by atoms with E-state index in [0.29, 0.717) is 0 Å². The lowest BCUT2D eigenvalue weighted by Crippen LogP contribution is -2.14. The van der Waals surface area contributed by atoms with Gasteiger partial charge in [0, 0.05) is 9.64 Å². The number of nitrogens with two attached hydrogens (primary N) is 1. The topological polar surface area (TPSA) is 73.1 Å². The predicted molar refractivity (Wildman–Crippen MR) is 48.3 cm³/mol. The number of halogens is 2. The van der Waals surface area contributed by atoms with Gasteiger partial charge in [-0.05, 0) is 22.6 Å². The summed E-state index contributed by atoms with van der Waals surface area (Å²) in [4.78, 5) is 3.01. The van der Waals surface area contributed by atoms with E-state index in [4.69, 9.17) is 5.14 Å². The fourth-order valence-electron chi connectivity index (χ4n) is 0.604. The van der Waals surface area contributed by atoms with Gasteiger partial charge in [0.05, 0.1) is 6.20 Å². The van der Waals surface area contributed by atoms with Gasteiger partial charge in [-0.2, -0.15) is 4.39 Å². The zero-order chi connectivity index (χ0) is 9.35. The Bertz CT molecular complexity index is 406. The van der Waals surface area contributed by atoms with Crippen LogP contribution in [0.3, 0.4) is 0 Å². The summed E-state index contributed by atoms with van der Waals surface area (Å²) in [7, 11) is -3.79. The van der Waals surface area contributed by atoms with E-state index >= 15 is 0 Å². The van der Waals surface area contributed by atoms with Crippen LogP contribution in [0.2, 0.25) is 0 Å². The van der Waals surface area contributed by atoms with E-state index in [1.54, 1.807) is 22.6 Å². The predicted octanol–water partition coefficient (Wildman–Crippen LogP) is 0.473. The zero-order valence-corrected chi connectivity index (χ0v) is 8.63. The van der Waals surface area contributed by atoms with E-state index in [1.165, 1.54) is 0 Å². The zero-order valence-electron chi connectivity index (χ0n) is 5.66. The summed E-state index contributed by atoms with van der Waals surface area (Å²) in [5.41, 5.74) is 0. The molecule has 0 aliphatic heterocycles. The molecule has 0 atom stereocenters. The van der Waals surface area contributed by atoms with Gasteiger partial charge in [-0.3, -0.25) is 0 Å². The van der Waals surface area contributed by atoms with Gasteiger partial charge in [-0.15, -0.1) is 0 Å². The van der Waals surface area contributed by atoms with E-state index in [-0.39, 0.29) is 8.47 Å². The summed E-state index contributed by atoms with van der Waals surface area (Å²) in [5.74, 6) is -0.730. The maximum absolute atomic E-state index is 12.4. The summed E-state index contributed by atoms with van der Waals surface area (Å²) >= 11 is 1.67. The number of nitrogens with zero attached hydrogens (tertiary/aromatic N) is 1. The molecule has 0 unspecified atom stereocenters. The van der Waals surface area contributed by atoms with E-state index < -0.39 is 16.0 Å². The summed E-state index contributed by atoms with van der Waals surface area (Å²) < 4.78 is 34.2. The molecule has 0 bridgehead atoms. The summed E-state index contributed by atoms with van der Waals surface area (Å²) in [5, 5.41) is 4.81. The number of aromatic nitrogens is 1. The Hall–Kier alpha value is -0.280. The molecule has 0 fully saturated rings. The average Bonchev–Trinajstić information content (AvgIpc) is 1.83. The molecular formula is C5H4FIN2O2S. The molecule has 0 spiro atoms. The maximum Gasteiger partial charge on any atom is 0.240 e. The molecule has 0 radical (unpaired) electrons. The molecule has 1 heterocycles. The molecule has 1 rings (SSSR count). The molecule has 1 aromatic heterocycles. The van der Waals surface area contributed by atoms with Gasteiger partial charge in [0.1, 0.15) is 4.90 Å². The van der Waals surface area contributed by atoms with Gasteiger partial charge in [0.2, 0.25) is 16.0 Å². The molecule has 2 N–H and O–H groups in total. The van der Waals surface area contributed by atoms with Crippen LogP contribution in [-0.4, -0.2) is 13.4 Å². The van der Waals surface area contributed by atoms with Gasteiger partial charge in [-0.1, -0.05) is 0 Å². The highest BCUT2D eigenvalue weighted by molar-refractivity contribution is 14.1. The SMILES string of the molecule is NS(=O)(=O)c1cnc(F)cc1I. The Labute approximate surface area is 82.2 Å². The van der Waals surface area contributed by atoms with Crippen molar-refractivity contribution < 1.29 is 12.8 Å². The van der Waals surface area contributed by atoms with E-state index in [0.717, 1.165) is 12.3 Å². The number of primary sulfonamides is 1. The Balaban J connectivity index is 3.39. The minimum absolute atomic E-state index is 0.162. The number of hydrogen-bond acceptors (Lipinski definition) is 3. The molecule has 0 aromatic carbocycles. The minimum Gasteiger partial charge on any atom is -0.227 e. The Morgan fingerprint density at radius 1 is 1.58 bits per heavy atom. The van der Waals surface area contributed by atoms with Gasteiger partial charge in [0.25, 0.3) is 0 Å². The fraction of sp³-hybridized carbons (Fsp3) is 0. The molecule has 0 aliphatic carbocycles. The van der Waals surface area contributed by atoms with Crippen LogP contribution in [0.4, 0.5) is 4.39 Å². The van der Waals surface area contributed by atoms with Crippen LogP contribution in [0, 0.1) is 9.52 Å². The van der Waals surface area contributed by atoms with Crippen LogP contribution in [0.25, 0.3) is 0 Å². The lowest BCUT2D eigenvalue weighted by Gasteiger charge is -1.99. The van der Waals surface area contributed by atoms with Crippen molar-refractivity contribution in [2.45, 2.75) is 4.90 Å². The van der Waals surface area contributed by atoms with Gasteiger partial charge >= 0.3 is 0 Å². The second-order valence-electron chi connectivity index (χ2n) is 1.98. The second kappa shape index (κ2) is 3.23. The van der Waals surface area contributed by atoms with Crippen LogP contribution in [-0.2, 0) is 10.0 Å². The maximum atomic E-state index is 12.4. The van der Waals surface area contributed by atoms with Crippen molar-refractivity contribution in [1.82, 2.24) is 4.98 Å². The smallest absolute Gasteiger partial charge is 0.227 e. The van der Waals surface area contributed by atoms with Gasteiger partial charge < -0.3 is 0 Å². The van der Waals surface area contributed by atoms with Crippen molar-refractivity contribution in [2.75, 3.05) is 0 Å². The van der Waals surface area contributed by atoms with Crippen molar-refractivity contribution in [2.24, 2.45) is 5.14 Å². The second-order valence-corrected chi connectivity index (χ2v) is 4.67. The summed E-state index contributed by atoms with van der Waals surface area (Å²) in [6, 6.07) is 1.00. The van der Waals surface area contributed by atoms with E-state index in [2.05, 4.69) is 4.98 Å². The van der Waals surface area contributed by atoms with Crippen LogP contribution >= 0.6 is 22.6 Å². The summed E-state index contributed by atoms with van der Waals surface area (Å²) in [6.07, 6.45) is 0.895. The monoisotopic (exact) mass is 302 g/mol. The third kappa shape index (κ3) is 2.11. The molecule has 12 heavy (non-hydrogen) atoms. The van der Waals surface area contributed by atoms with Crippen molar-refractivity contribution in [3.63, 3.8) is 0 Å². The third-order valence-electron chi connectivity index (χ3n) is 1.09. The Morgan fingerprint density at radius 3 is 2.58 bits per heavy atom. The molecule has 0 amide bonds. The first-order chi connectivity index (χ1) is 5.41. The molecule has 0 saturated heterocycles. The standard InChI is InChI=1S/C5H4FIN2O2S/c6-5-1-3(7)4(2-9-5)12(8,10)11/h1-2H,(H2,8,10,11). The number of hydrogen-bond donors (Lipinski definition) is 1. The van der Waals surface area contributed by atoms with Crippen LogP contribution in [0.5, 0.6) is 0 Å². The molecule has 7 heteroatoms. The van der Waals surface area contributed by atoms with Crippen molar-refractivity contribution in [1.29, 1.82) is 0 Å². The van der Waals surface area contributed by atoms with Crippen LogP contribution < -0.4 is 5.14 Å². The number of pyridine rings is 1. The highest BCUT2D eigenvalue weighted by Crippen LogP contribution is 2.15. The number of sulfonamides is 1. The largest absolute Gasteiger partial charge is 0.240 e. The molecule has 0 aliphatic rings. The van der Waals surface area contributed by atoms with Crippen molar-refractivity contribution in [3.05, 3.63) is 21.8 Å². The lowest BCUT2D eigenvalue weighted by molar-refractivity contribution is 0.574. The quantitative estimate of drug-likeness (QED) is 0.605. The molecule has 1 aromatic rings. The summed E-state index contributed by atoms with van der Waals surface area (Å²) in [6.45, 7) is 0. The fourth-order valence-corrected chi connectivity index (χ4v) is 2.45. The van der Waals surface area contributed by atoms with Crippen LogP contribution in [0.15, 0.2) is 17.2 Å². The van der Waals surface area contributed by atoms with Crippen molar-refractivity contribution >= 4 is 32.6 Å². The van der Waals surface area contributed by atoms with E-state index in [9.17, 15) is 12.8 Å².